The van der Waals surface area contributed by atoms with E-state index in [1.165, 1.54) is 0 Å². The summed E-state index contributed by atoms with van der Waals surface area (Å²) in [7, 11) is 0. The van der Waals surface area contributed by atoms with Crippen LogP contribution in [-0.4, -0.2) is 21.1 Å². The Balaban J connectivity index is 2.91. The summed E-state index contributed by atoms with van der Waals surface area (Å²) in [4.78, 5) is 0. The van der Waals surface area contributed by atoms with Gasteiger partial charge < -0.3 is 0 Å². The molecule has 0 fully saturated rings. The van der Waals surface area contributed by atoms with Crippen LogP contribution < -0.4 is 0 Å². The van der Waals surface area contributed by atoms with Crippen LogP contribution in [0.2, 0.25) is 8.87 Å². The molecule has 0 aromatic rings. The van der Waals surface area contributed by atoms with Crippen molar-refractivity contribution < 1.29 is 0 Å². The fraction of sp³-hybridized carbons (Fsp3) is 1.00. The summed E-state index contributed by atoms with van der Waals surface area (Å²) in [6.45, 7) is 9.38. The van der Waals surface area contributed by atoms with Crippen LogP contribution >= 0.6 is 0 Å². The first-order valence-corrected chi connectivity index (χ1v) is 9.83. The fourth-order valence-electron chi connectivity index (χ4n) is 0.934. The summed E-state index contributed by atoms with van der Waals surface area (Å²) >= 11 is -0.245. The van der Waals surface area contributed by atoms with Gasteiger partial charge in [0.2, 0.25) is 0 Å². The Morgan fingerprint density at radius 3 is 1.44 bits per heavy atom. The van der Waals surface area contributed by atoms with Gasteiger partial charge in [-0.3, -0.25) is 0 Å². The number of hydrogen-bond acceptors (Lipinski definition) is 0. The van der Waals surface area contributed by atoms with Gasteiger partial charge in [0.25, 0.3) is 0 Å². The summed E-state index contributed by atoms with van der Waals surface area (Å²) in [5.41, 5.74) is 0. The van der Waals surface area contributed by atoms with Gasteiger partial charge in [0.05, 0.1) is 0 Å². The van der Waals surface area contributed by atoms with E-state index in [0.29, 0.717) is 0 Å². The van der Waals surface area contributed by atoms with Crippen molar-refractivity contribution in [1.82, 2.24) is 0 Å². The molecule has 0 aromatic heterocycles. The molecule has 0 atom stereocenters. The van der Waals surface area contributed by atoms with Gasteiger partial charge in [-0.05, 0) is 0 Å². The molecule has 0 amide bonds. The van der Waals surface area contributed by atoms with Gasteiger partial charge in [0.1, 0.15) is 0 Å². The van der Waals surface area contributed by atoms with E-state index in [2.05, 4.69) is 27.7 Å². The van der Waals surface area contributed by atoms with E-state index in [1.807, 2.05) is 0 Å². The van der Waals surface area contributed by atoms with Crippen LogP contribution in [0.5, 0.6) is 0 Å². The summed E-state index contributed by atoms with van der Waals surface area (Å²) in [5.74, 6) is 1.97. The molecule has 0 rings (SSSR count). The van der Waals surface area contributed by atoms with Crippen molar-refractivity contribution in [3.63, 3.8) is 0 Å². The SMILES string of the molecule is CC(C)[CH2][SnH2][CH2]C(C)C. The predicted octanol–water partition coefficient (Wildman–Crippen LogP) is 2.30. The van der Waals surface area contributed by atoms with E-state index >= 15 is 0 Å². The van der Waals surface area contributed by atoms with E-state index in [9.17, 15) is 0 Å². The van der Waals surface area contributed by atoms with Crippen molar-refractivity contribution in [3.05, 3.63) is 0 Å². The maximum absolute atomic E-state index is 2.34. The minimum absolute atomic E-state index is 0.245. The summed E-state index contributed by atoms with van der Waals surface area (Å²) in [5, 5.41) is 0. The van der Waals surface area contributed by atoms with E-state index < -0.39 is 0 Å². The molecule has 0 nitrogen and oxygen atoms in total. The standard InChI is InChI=1S/2C4H9.Sn.2H/c2*1-4(2)3;;;/h2*4H,1H2,2-3H3;;;. The molecular formula is C8H20Sn. The van der Waals surface area contributed by atoms with Gasteiger partial charge in [-0.1, -0.05) is 0 Å². The Morgan fingerprint density at radius 1 is 0.889 bits per heavy atom. The molecule has 9 heavy (non-hydrogen) atoms. The minimum atomic E-state index is -0.245. The van der Waals surface area contributed by atoms with Crippen LogP contribution in [0.4, 0.5) is 0 Å². The van der Waals surface area contributed by atoms with Crippen molar-refractivity contribution >= 4 is 21.1 Å². The zero-order valence-corrected chi connectivity index (χ0v) is 11.3. The third-order valence-electron chi connectivity index (χ3n) is 1.56. The zero-order valence-electron chi connectivity index (χ0n) is 7.28. The first-order valence-electron chi connectivity index (χ1n) is 4.13. The normalized spacial score (nSPS) is 11.3. The molecule has 0 N–H and O–H groups in total. The van der Waals surface area contributed by atoms with Crippen molar-refractivity contribution in [2.75, 3.05) is 0 Å². The van der Waals surface area contributed by atoms with Crippen LogP contribution in [0.3, 0.4) is 0 Å². The van der Waals surface area contributed by atoms with Gasteiger partial charge in [-0.25, -0.2) is 0 Å². The first kappa shape index (κ1) is 9.80. The monoisotopic (exact) mass is 236 g/mol. The number of rotatable bonds is 4. The van der Waals surface area contributed by atoms with Crippen molar-refractivity contribution in [2.45, 2.75) is 36.6 Å². The summed E-state index contributed by atoms with van der Waals surface area (Å²) < 4.78 is 3.22. The average Bonchev–Trinajstić information content (AvgIpc) is 1.63. The van der Waals surface area contributed by atoms with E-state index in [1.54, 1.807) is 8.87 Å². The Bertz CT molecular complexity index is 49.6. The van der Waals surface area contributed by atoms with Crippen molar-refractivity contribution in [1.29, 1.82) is 0 Å². The van der Waals surface area contributed by atoms with E-state index in [4.69, 9.17) is 0 Å². The van der Waals surface area contributed by atoms with Gasteiger partial charge in [0.15, 0.2) is 0 Å². The molecule has 0 heterocycles. The third kappa shape index (κ3) is 8.80. The Kier molecular flexibility index (Phi) is 6.07. The van der Waals surface area contributed by atoms with Gasteiger partial charge in [-0.2, -0.15) is 0 Å². The second kappa shape index (κ2) is 5.57. The predicted molar refractivity (Wildman–Crippen MR) is 47.8 cm³/mol. The summed E-state index contributed by atoms with van der Waals surface area (Å²) in [6, 6.07) is 0. The molecule has 0 spiro atoms. The van der Waals surface area contributed by atoms with Crippen LogP contribution in [-0.2, 0) is 0 Å². The maximum atomic E-state index is 2.34. The van der Waals surface area contributed by atoms with E-state index in [0.717, 1.165) is 11.8 Å². The molecular weight excluding hydrogens is 215 g/mol. The zero-order chi connectivity index (χ0) is 7.28. The Hall–Kier alpha value is 0.799. The van der Waals surface area contributed by atoms with Gasteiger partial charge in [0, 0.05) is 0 Å². The Morgan fingerprint density at radius 2 is 1.22 bits per heavy atom. The summed E-state index contributed by atoms with van der Waals surface area (Å²) in [6.07, 6.45) is 0. The first-order chi connectivity index (χ1) is 4.13. The van der Waals surface area contributed by atoms with E-state index in [-0.39, 0.29) is 21.1 Å². The number of hydrogen-bond donors (Lipinski definition) is 0. The molecule has 0 aliphatic heterocycles. The van der Waals surface area contributed by atoms with Crippen molar-refractivity contribution in [2.24, 2.45) is 11.8 Å². The molecule has 0 saturated heterocycles. The molecule has 0 aliphatic rings. The van der Waals surface area contributed by atoms with Gasteiger partial charge in [-0.15, -0.1) is 0 Å². The molecule has 0 saturated carbocycles. The average molecular weight is 235 g/mol. The quantitative estimate of drug-likeness (QED) is 0.656. The molecule has 1 heteroatoms. The van der Waals surface area contributed by atoms with Crippen LogP contribution in [0.15, 0.2) is 0 Å². The van der Waals surface area contributed by atoms with Crippen molar-refractivity contribution in [3.8, 4) is 0 Å². The molecule has 0 bridgehead atoms. The fourth-order valence-corrected chi connectivity index (χ4v) is 6.27. The topological polar surface area (TPSA) is 0 Å². The van der Waals surface area contributed by atoms with Crippen LogP contribution in [0.25, 0.3) is 0 Å². The molecule has 0 aromatic carbocycles. The van der Waals surface area contributed by atoms with Gasteiger partial charge >= 0.3 is 69.5 Å². The molecule has 0 radical (unpaired) electrons. The molecule has 56 valence electrons. The molecule has 0 aliphatic carbocycles. The second-order valence-electron chi connectivity index (χ2n) is 3.72. The van der Waals surface area contributed by atoms with Crippen LogP contribution in [0.1, 0.15) is 27.7 Å². The Labute approximate surface area is 69.6 Å². The van der Waals surface area contributed by atoms with Crippen LogP contribution in [0, 0.1) is 11.8 Å². The molecule has 0 unspecified atom stereocenters. The third-order valence-corrected chi connectivity index (χ3v) is 10.5. The second-order valence-corrected chi connectivity index (χ2v) is 9.03.